The minimum absolute atomic E-state index is 0.0358. The summed E-state index contributed by atoms with van der Waals surface area (Å²) < 4.78 is 5.91. The number of hydrogen-bond acceptors (Lipinski definition) is 7. The molecule has 1 fully saturated rings. The molecule has 2 aliphatic heterocycles. The predicted octanol–water partition coefficient (Wildman–Crippen LogP) is 0.374. The van der Waals surface area contributed by atoms with Crippen LogP contribution >= 0.6 is 0 Å². The molecule has 1 N–H and O–H groups in total. The minimum Gasteiger partial charge on any atom is -0.475 e. The van der Waals surface area contributed by atoms with Crippen LogP contribution in [0.3, 0.4) is 0 Å². The number of rotatable bonds is 6. The standard InChI is InChI=1S/C20H28N6O2/c1-4-18(27)25-7-9-26(10-8-25)19-15-5-6-22-14-17(15)16(13-21)20(23-19)28-12-11-24(2)3/h4,22H,1,5-12,14H2,2-3H3. The summed E-state index contributed by atoms with van der Waals surface area (Å²) in [6, 6.07) is 2.30. The summed E-state index contributed by atoms with van der Waals surface area (Å²) in [6.07, 6.45) is 2.19. The Morgan fingerprint density at radius 3 is 2.75 bits per heavy atom. The quantitative estimate of drug-likeness (QED) is 0.710. The summed E-state index contributed by atoms with van der Waals surface area (Å²) in [5.74, 6) is 1.26. The zero-order chi connectivity index (χ0) is 20.1. The van der Waals surface area contributed by atoms with Crippen molar-refractivity contribution >= 4 is 11.7 Å². The monoisotopic (exact) mass is 384 g/mol. The second-order valence-corrected chi connectivity index (χ2v) is 7.28. The van der Waals surface area contributed by atoms with E-state index < -0.39 is 0 Å². The fourth-order valence-electron chi connectivity index (χ4n) is 3.59. The van der Waals surface area contributed by atoms with Crippen molar-refractivity contribution in [3.8, 4) is 11.9 Å². The molecule has 0 aromatic carbocycles. The van der Waals surface area contributed by atoms with Gasteiger partial charge in [0.2, 0.25) is 11.8 Å². The average Bonchev–Trinajstić information content (AvgIpc) is 2.72. The molecule has 0 unspecified atom stereocenters. The van der Waals surface area contributed by atoms with E-state index in [2.05, 4.69) is 22.9 Å². The smallest absolute Gasteiger partial charge is 0.246 e. The molecule has 0 atom stereocenters. The largest absolute Gasteiger partial charge is 0.475 e. The lowest BCUT2D eigenvalue weighted by Gasteiger charge is -2.37. The molecule has 3 heterocycles. The van der Waals surface area contributed by atoms with Gasteiger partial charge >= 0.3 is 0 Å². The lowest BCUT2D eigenvalue weighted by molar-refractivity contribution is -0.126. The number of nitrogens with one attached hydrogen (secondary N) is 1. The molecular weight excluding hydrogens is 356 g/mol. The van der Waals surface area contributed by atoms with Gasteiger partial charge in [-0.1, -0.05) is 6.58 Å². The Hall–Kier alpha value is -2.63. The first-order valence-corrected chi connectivity index (χ1v) is 9.65. The van der Waals surface area contributed by atoms with Crippen molar-refractivity contribution in [3.63, 3.8) is 0 Å². The van der Waals surface area contributed by atoms with Crippen molar-refractivity contribution in [1.82, 2.24) is 20.1 Å². The van der Waals surface area contributed by atoms with Crippen molar-refractivity contribution in [2.24, 2.45) is 0 Å². The number of ether oxygens (including phenoxy) is 1. The fraction of sp³-hybridized carbons (Fsp3) is 0.550. The van der Waals surface area contributed by atoms with Gasteiger partial charge in [0.1, 0.15) is 24.1 Å². The van der Waals surface area contributed by atoms with Crippen LogP contribution in [0.15, 0.2) is 12.7 Å². The van der Waals surface area contributed by atoms with Crippen molar-refractivity contribution < 1.29 is 9.53 Å². The van der Waals surface area contributed by atoms with Crippen LogP contribution < -0.4 is 15.0 Å². The Labute approximate surface area is 166 Å². The van der Waals surface area contributed by atoms with Gasteiger partial charge in [0.25, 0.3) is 0 Å². The van der Waals surface area contributed by atoms with E-state index in [1.807, 2.05) is 19.0 Å². The molecule has 1 amide bonds. The lowest BCUT2D eigenvalue weighted by atomic mass is 9.97. The Kier molecular flexibility index (Phi) is 6.49. The zero-order valence-electron chi connectivity index (χ0n) is 16.7. The van der Waals surface area contributed by atoms with E-state index in [-0.39, 0.29) is 5.91 Å². The Balaban J connectivity index is 1.89. The SMILES string of the molecule is C=CC(=O)N1CCN(c2nc(OCCN(C)C)c(C#N)c3c2CCNC3)CC1. The number of nitrogens with zero attached hydrogens (tertiary/aromatic N) is 5. The molecule has 0 radical (unpaired) electrons. The summed E-state index contributed by atoms with van der Waals surface area (Å²) in [6.45, 7) is 8.98. The molecule has 3 rings (SSSR count). The van der Waals surface area contributed by atoms with Gasteiger partial charge in [0.15, 0.2) is 0 Å². The third-order valence-corrected chi connectivity index (χ3v) is 5.17. The number of amides is 1. The highest BCUT2D eigenvalue weighted by molar-refractivity contribution is 5.87. The van der Waals surface area contributed by atoms with Crippen LogP contribution in [0.4, 0.5) is 5.82 Å². The number of carbonyl (C=O) groups is 1. The summed E-state index contributed by atoms with van der Waals surface area (Å²) >= 11 is 0. The Morgan fingerprint density at radius 1 is 1.36 bits per heavy atom. The highest BCUT2D eigenvalue weighted by atomic mass is 16.5. The van der Waals surface area contributed by atoms with Gasteiger partial charge < -0.3 is 24.8 Å². The van der Waals surface area contributed by atoms with E-state index in [1.54, 1.807) is 4.90 Å². The summed E-state index contributed by atoms with van der Waals surface area (Å²) in [5.41, 5.74) is 2.65. The third kappa shape index (κ3) is 4.26. The van der Waals surface area contributed by atoms with Gasteiger partial charge in [-0.3, -0.25) is 4.79 Å². The molecule has 1 aromatic rings. The average molecular weight is 384 g/mol. The number of piperazine rings is 1. The number of nitriles is 1. The zero-order valence-corrected chi connectivity index (χ0v) is 16.7. The van der Waals surface area contributed by atoms with Gasteiger partial charge in [0, 0.05) is 44.8 Å². The van der Waals surface area contributed by atoms with Crippen LogP contribution in [0.1, 0.15) is 16.7 Å². The van der Waals surface area contributed by atoms with Gasteiger partial charge in [-0.05, 0) is 38.7 Å². The molecule has 150 valence electrons. The Bertz CT molecular complexity index is 778. The Morgan fingerprint density at radius 2 is 2.11 bits per heavy atom. The highest BCUT2D eigenvalue weighted by Crippen LogP contribution is 2.33. The first-order valence-electron chi connectivity index (χ1n) is 9.65. The molecule has 0 bridgehead atoms. The van der Waals surface area contributed by atoms with Crippen LogP contribution in [-0.2, 0) is 17.8 Å². The molecule has 0 spiro atoms. The first kappa shape index (κ1) is 20.1. The topological polar surface area (TPSA) is 84.7 Å². The number of carbonyl (C=O) groups excluding carboxylic acids is 1. The van der Waals surface area contributed by atoms with Crippen LogP contribution in [0.2, 0.25) is 0 Å². The van der Waals surface area contributed by atoms with Crippen LogP contribution in [-0.4, -0.2) is 80.7 Å². The second-order valence-electron chi connectivity index (χ2n) is 7.28. The molecule has 0 aliphatic carbocycles. The van der Waals surface area contributed by atoms with Gasteiger partial charge in [-0.2, -0.15) is 10.2 Å². The number of aromatic nitrogens is 1. The molecule has 1 saturated heterocycles. The molecular formula is C20H28N6O2. The maximum Gasteiger partial charge on any atom is 0.246 e. The number of likely N-dealkylation sites (N-methyl/N-ethyl adjacent to an activating group) is 1. The maximum atomic E-state index is 11.9. The van der Waals surface area contributed by atoms with Crippen LogP contribution in [0.25, 0.3) is 0 Å². The van der Waals surface area contributed by atoms with E-state index in [0.717, 1.165) is 36.5 Å². The molecule has 2 aliphatic rings. The van der Waals surface area contributed by atoms with E-state index >= 15 is 0 Å². The number of anilines is 1. The summed E-state index contributed by atoms with van der Waals surface area (Å²) in [4.78, 5) is 22.7. The molecule has 0 saturated carbocycles. The normalized spacial score (nSPS) is 16.5. The number of fused-ring (bicyclic) bond motifs is 1. The van der Waals surface area contributed by atoms with Crippen molar-refractivity contribution in [1.29, 1.82) is 5.26 Å². The van der Waals surface area contributed by atoms with Crippen molar-refractivity contribution in [2.75, 3.05) is 64.9 Å². The second kappa shape index (κ2) is 9.04. The van der Waals surface area contributed by atoms with E-state index in [9.17, 15) is 10.1 Å². The van der Waals surface area contributed by atoms with Gasteiger partial charge in [-0.25, -0.2) is 0 Å². The lowest BCUT2D eigenvalue weighted by Crippen LogP contribution is -2.49. The molecule has 28 heavy (non-hydrogen) atoms. The van der Waals surface area contributed by atoms with Gasteiger partial charge in [-0.15, -0.1) is 0 Å². The summed E-state index contributed by atoms with van der Waals surface area (Å²) in [7, 11) is 3.96. The van der Waals surface area contributed by atoms with Crippen LogP contribution in [0, 0.1) is 11.3 Å². The maximum absolute atomic E-state index is 11.9. The molecule has 1 aromatic heterocycles. The van der Waals surface area contributed by atoms with E-state index in [1.165, 1.54) is 6.08 Å². The third-order valence-electron chi connectivity index (χ3n) is 5.17. The van der Waals surface area contributed by atoms with E-state index in [4.69, 9.17) is 9.72 Å². The molecule has 8 nitrogen and oxygen atoms in total. The fourth-order valence-corrected chi connectivity index (χ4v) is 3.59. The number of hydrogen-bond donors (Lipinski definition) is 1. The minimum atomic E-state index is -0.0358. The van der Waals surface area contributed by atoms with Crippen molar-refractivity contribution in [3.05, 3.63) is 29.3 Å². The number of pyridine rings is 1. The molecule has 8 heteroatoms. The predicted molar refractivity (Wildman–Crippen MR) is 107 cm³/mol. The van der Waals surface area contributed by atoms with Crippen LogP contribution in [0.5, 0.6) is 5.88 Å². The highest BCUT2D eigenvalue weighted by Gasteiger charge is 2.28. The van der Waals surface area contributed by atoms with Gasteiger partial charge in [0.05, 0.1) is 0 Å². The first-order chi connectivity index (χ1) is 13.5. The van der Waals surface area contributed by atoms with E-state index in [0.29, 0.717) is 50.8 Å². The van der Waals surface area contributed by atoms with Crippen molar-refractivity contribution in [2.45, 2.75) is 13.0 Å². The summed E-state index contributed by atoms with van der Waals surface area (Å²) in [5, 5.41) is 13.1.